The molecular formula is C17H19Cl2NO. The monoisotopic (exact) mass is 323 g/mol. The van der Waals surface area contributed by atoms with Crippen molar-refractivity contribution < 1.29 is 4.74 Å². The predicted molar refractivity (Wildman–Crippen MR) is 88.9 cm³/mol. The van der Waals surface area contributed by atoms with Crippen molar-refractivity contribution in [1.29, 1.82) is 0 Å². The molecule has 2 aromatic rings. The molecule has 0 bridgehead atoms. The van der Waals surface area contributed by atoms with Gasteiger partial charge in [0.05, 0.1) is 6.61 Å². The zero-order valence-electron chi connectivity index (χ0n) is 12.2. The van der Waals surface area contributed by atoms with Gasteiger partial charge in [0.2, 0.25) is 0 Å². The summed E-state index contributed by atoms with van der Waals surface area (Å²) >= 11 is 12.3. The van der Waals surface area contributed by atoms with Crippen LogP contribution in [0.4, 0.5) is 0 Å². The molecule has 4 heteroatoms. The summed E-state index contributed by atoms with van der Waals surface area (Å²) in [7, 11) is 1.70. The smallest absolute Gasteiger partial charge is 0.0713 e. The third-order valence-corrected chi connectivity index (χ3v) is 3.92. The lowest BCUT2D eigenvalue weighted by Crippen LogP contribution is -2.18. The Bertz CT molecular complexity index is 601. The first kappa shape index (κ1) is 16.3. The lowest BCUT2D eigenvalue weighted by molar-refractivity contribution is 0.185. The van der Waals surface area contributed by atoms with Gasteiger partial charge in [-0.25, -0.2) is 0 Å². The second kappa shape index (κ2) is 7.81. The Hall–Kier alpha value is -1.06. The van der Waals surface area contributed by atoms with E-state index in [1.165, 1.54) is 11.1 Å². The maximum atomic E-state index is 6.22. The molecule has 0 amide bonds. The molecule has 2 nitrogen and oxygen atoms in total. The highest BCUT2D eigenvalue weighted by Gasteiger charge is 2.10. The molecule has 21 heavy (non-hydrogen) atoms. The summed E-state index contributed by atoms with van der Waals surface area (Å²) in [6.45, 7) is 3.47. The fraction of sp³-hybridized carbons (Fsp3) is 0.294. The van der Waals surface area contributed by atoms with Crippen LogP contribution < -0.4 is 5.32 Å². The molecule has 112 valence electrons. The van der Waals surface area contributed by atoms with Gasteiger partial charge in [0.25, 0.3) is 0 Å². The van der Waals surface area contributed by atoms with Gasteiger partial charge in [-0.1, -0.05) is 47.5 Å². The minimum absolute atomic E-state index is 0.127. The van der Waals surface area contributed by atoms with Gasteiger partial charge in [0.15, 0.2) is 0 Å². The van der Waals surface area contributed by atoms with Gasteiger partial charge in [-0.05, 0) is 41.8 Å². The van der Waals surface area contributed by atoms with Gasteiger partial charge < -0.3 is 10.1 Å². The molecule has 1 atom stereocenters. The third kappa shape index (κ3) is 4.72. The number of halogens is 2. The van der Waals surface area contributed by atoms with Crippen LogP contribution in [0.3, 0.4) is 0 Å². The molecule has 2 aromatic carbocycles. The highest BCUT2D eigenvalue weighted by atomic mass is 35.5. The molecule has 0 radical (unpaired) electrons. The molecule has 0 aromatic heterocycles. The van der Waals surface area contributed by atoms with Crippen LogP contribution in [-0.2, 0) is 17.9 Å². The van der Waals surface area contributed by atoms with Crippen molar-refractivity contribution in [3.8, 4) is 0 Å². The maximum absolute atomic E-state index is 6.22. The molecule has 1 N–H and O–H groups in total. The SMILES string of the molecule is COCc1cccc(CNC(C)c2cc(Cl)ccc2Cl)c1. The quantitative estimate of drug-likeness (QED) is 0.808. The number of ether oxygens (including phenoxy) is 1. The van der Waals surface area contributed by atoms with E-state index in [9.17, 15) is 0 Å². The lowest BCUT2D eigenvalue weighted by atomic mass is 10.1. The normalized spacial score (nSPS) is 12.4. The van der Waals surface area contributed by atoms with E-state index in [1.807, 2.05) is 18.2 Å². The first-order chi connectivity index (χ1) is 10.1. The number of methoxy groups -OCH3 is 1. The molecule has 0 saturated carbocycles. The van der Waals surface area contributed by atoms with Crippen LogP contribution in [0, 0.1) is 0 Å². The summed E-state index contributed by atoms with van der Waals surface area (Å²) in [6, 6.07) is 14.0. The van der Waals surface area contributed by atoms with E-state index < -0.39 is 0 Å². The molecule has 0 aliphatic carbocycles. The molecular weight excluding hydrogens is 305 g/mol. The van der Waals surface area contributed by atoms with Crippen LogP contribution in [0.5, 0.6) is 0 Å². The van der Waals surface area contributed by atoms with E-state index >= 15 is 0 Å². The van der Waals surface area contributed by atoms with Gasteiger partial charge in [-0.3, -0.25) is 0 Å². The van der Waals surface area contributed by atoms with Crippen molar-refractivity contribution in [2.45, 2.75) is 26.1 Å². The summed E-state index contributed by atoms with van der Waals surface area (Å²) in [4.78, 5) is 0. The van der Waals surface area contributed by atoms with Crippen LogP contribution in [0.1, 0.15) is 29.7 Å². The Morgan fingerprint density at radius 2 is 1.86 bits per heavy atom. The number of benzene rings is 2. The fourth-order valence-corrected chi connectivity index (χ4v) is 2.69. The van der Waals surface area contributed by atoms with E-state index in [1.54, 1.807) is 13.2 Å². The van der Waals surface area contributed by atoms with Gasteiger partial charge in [0, 0.05) is 29.7 Å². The Morgan fingerprint density at radius 1 is 1.10 bits per heavy atom. The molecule has 0 saturated heterocycles. The van der Waals surface area contributed by atoms with Crippen molar-refractivity contribution in [2.24, 2.45) is 0 Å². The molecule has 1 unspecified atom stereocenters. The largest absolute Gasteiger partial charge is 0.380 e. The second-order valence-corrected chi connectivity index (χ2v) is 5.87. The van der Waals surface area contributed by atoms with E-state index in [0.717, 1.165) is 17.1 Å². The van der Waals surface area contributed by atoms with Crippen molar-refractivity contribution in [3.63, 3.8) is 0 Å². The number of hydrogen-bond acceptors (Lipinski definition) is 2. The molecule has 0 aliphatic rings. The molecule has 2 rings (SSSR count). The Morgan fingerprint density at radius 3 is 2.62 bits per heavy atom. The van der Waals surface area contributed by atoms with Gasteiger partial charge in [-0.2, -0.15) is 0 Å². The van der Waals surface area contributed by atoms with Gasteiger partial charge >= 0.3 is 0 Å². The van der Waals surface area contributed by atoms with E-state index in [4.69, 9.17) is 27.9 Å². The maximum Gasteiger partial charge on any atom is 0.0713 e. The second-order valence-electron chi connectivity index (χ2n) is 5.02. The Balaban J connectivity index is 2.02. The van der Waals surface area contributed by atoms with Gasteiger partial charge in [-0.15, -0.1) is 0 Å². The standard InChI is InChI=1S/C17H19Cl2NO/c1-12(16-9-15(18)6-7-17(16)19)20-10-13-4-3-5-14(8-13)11-21-2/h3-9,12,20H,10-11H2,1-2H3. The number of nitrogens with one attached hydrogen (secondary N) is 1. The topological polar surface area (TPSA) is 21.3 Å². The number of hydrogen-bond donors (Lipinski definition) is 1. The van der Waals surface area contributed by atoms with Crippen molar-refractivity contribution >= 4 is 23.2 Å². The average molecular weight is 324 g/mol. The van der Waals surface area contributed by atoms with E-state index in [-0.39, 0.29) is 6.04 Å². The minimum Gasteiger partial charge on any atom is -0.380 e. The zero-order valence-corrected chi connectivity index (χ0v) is 13.7. The van der Waals surface area contributed by atoms with Crippen molar-refractivity contribution in [2.75, 3.05) is 7.11 Å². The molecule has 0 spiro atoms. The third-order valence-electron chi connectivity index (χ3n) is 3.34. The van der Waals surface area contributed by atoms with Crippen LogP contribution in [0.25, 0.3) is 0 Å². The van der Waals surface area contributed by atoms with Crippen LogP contribution in [-0.4, -0.2) is 7.11 Å². The summed E-state index contributed by atoms with van der Waals surface area (Å²) < 4.78 is 5.15. The van der Waals surface area contributed by atoms with Crippen molar-refractivity contribution in [1.82, 2.24) is 5.32 Å². The van der Waals surface area contributed by atoms with Gasteiger partial charge in [0.1, 0.15) is 0 Å². The Labute approximate surface area is 136 Å². The van der Waals surface area contributed by atoms with Crippen LogP contribution >= 0.6 is 23.2 Å². The average Bonchev–Trinajstić information content (AvgIpc) is 2.48. The summed E-state index contributed by atoms with van der Waals surface area (Å²) in [5.74, 6) is 0. The van der Waals surface area contributed by atoms with E-state index in [2.05, 4.69) is 30.4 Å². The van der Waals surface area contributed by atoms with Crippen molar-refractivity contribution in [3.05, 3.63) is 69.2 Å². The summed E-state index contributed by atoms with van der Waals surface area (Å²) in [5, 5.41) is 4.90. The molecule has 0 fully saturated rings. The molecule has 0 aliphatic heterocycles. The highest BCUT2D eigenvalue weighted by Crippen LogP contribution is 2.26. The predicted octanol–water partition coefficient (Wildman–Crippen LogP) is 4.99. The van der Waals surface area contributed by atoms with E-state index in [0.29, 0.717) is 11.6 Å². The Kier molecular flexibility index (Phi) is 6.07. The highest BCUT2D eigenvalue weighted by molar-refractivity contribution is 6.33. The molecule has 0 heterocycles. The first-order valence-corrected chi connectivity index (χ1v) is 7.61. The zero-order chi connectivity index (χ0) is 15.2. The number of rotatable bonds is 6. The van der Waals surface area contributed by atoms with Crippen LogP contribution in [0.15, 0.2) is 42.5 Å². The van der Waals surface area contributed by atoms with Crippen LogP contribution in [0.2, 0.25) is 10.0 Å². The lowest BCUT2D eigenvalue weighted by Gasteiger charge is -2.16. The fourth-order valence-electron chi connectivity index (χ4n) is 2.22. The minimum atomic E-state index is 0.127. The first-order valence-electron chi connectivity index (χ1n) is 6.85. The summed E-state index contributed by atoms with van der Waals surface area (Å²) in [6.07, 6.45) is 0. The summed E-state index contributed by atoms with van der Waals surface area (Å²) in [5.41, 5.74) is 3.40.